The second kappa shape index (κ2) is 3.87. The Labute approximate surface area is 50.2 Å². The van der Waals surface area contributed by atoms with Crippen LogP contribution in [0.3, 0.4) is 0 Å². The summed E-state index contributed by atoms with van der Waals surface area (Å²) in [5, 5.41) is 16.9. The molecule has 0 aromatic heterocycles. The van der Waals surface area contributed by atoms with Crippen molar-refractivity contribution in [3.8, 4) is 0 Å². The Morgan fingerprint density at radius 2 is 2.00 bits per heavy atom. The summed E-state index contributed by atoms with van der Waals surface area (Å²) in [5.74, 6) is 0.438. The Bertz CT molecular complexity index is 52.5. The van der Waals surface area contributed by atoms with E-state index in [1.807, 2.05) is 13.8 Å². The van der Waals surface area contributed by atoms with E-state index in [0.717, 1.165) is 6.61 Å². The molecule has 0 aromatic carbocycles. The van der Waals surface area contributed by atoms with Crippen molar-refractivity contribution in [1.82, 2.24) is 0 Å². The van der Waals surface area contributed by atoms with E-state index < -0.39 is 6.10 Å². The second-order valence-corrected chi connectivity index (χ2v) is 2.35. The molecule has 2 heteroatoms. The predicted octanol–water partition coefficient (Wildman–Crippen LogP) is 0.928. The van der Waals surface area contributed by atoms with Crippen molar-refractivity contribution in [2.24, 2.45) is 5.92 Å². The average Bonchev–Trinajstić information content (AvgIpc) is 1.65. The fraction of sp³-hybridized carbons (Fsp3) is 0.833. The fourth-order valence-electron chi connectivity index (χ4n) is 0.544. The second-order valence-electron chi connectivity index (χ2n) is 2.35. The van der Waals surface area contributed by atoms with E-state index in [-0.39, 0.29) is 0 Å². The lowest BCUT2D eigenvalue weighted by atomic mass is 10.1. The normalized spacial score (nSPS) is 14.6. The van der Waals surface area contributed by atoms with Crippen molar-refractivity contribution < 1.29 is 10.2 Å². The third kappa shape index (κ3) is 4.09. The van der Waals surface area contributed by atoms with Crippen molar-refractivity contribution in [2.75, 3.05) is 0 Å². The zero-order valence-electron chi connectivity index (χ0n) is 5.33. The highest BCUT2D eigenvalue weighted by Gasteiger charge is 2.03. The Morgan fingerprint density at radius 1 is 1.50 bits per heavy atom. The number of aliphatic hydroxyl groups excluding tert-OH is 2. The molecule has 0 saturated heterocycles. The molecule has 0 heterocycles. The molecular weight excluding hydrogens is 104 g/mol. The van der Waals surface area contributed by atoms with Crippen LogP contribution in [0.1, 0.15) is 20.3 Å². The summed E-state index contributed by atoms with van der Waals surface area (Å²) in [6.07, 6.45) is -0.00810. The number of aliphatic hydroxyl groups is 2. The van der Waals surface area contributed by atoms with E-state index in [1.165, 1.54) is 0 Å². The van der Waals surface area contributed by atoms with Gasteiger partial charge in [-0.1, -0.05) is 13.8 Å². The van der Waals surface area contributed by atoms with E-state index in [1.54, 1.807) is 0 Å². The van der Waals surface area contributed by atoms with Crippen LogP contribution in [-0.2, 0) is 0 Å². The maximum absolute atomic E-state index is 8.72. The molecular formula is C6H13O2. The molecule has 1 unspecified atom stereocenters. The van der Waals surface area contributed by atoms with Gasteiger partial charge in [0, 0.05) is 0 Å². The van der Waals surface area contributed by atoms with Gasteiger partial charge in [-0.25, -0.2) is 0 Å². The molecule has 0 saturated carbocycles. The molecule has 2 nitrogen and oxygen atoms in total. The maximum Gasteiger partial charge on any atom is 0.108 e. The van der Waals surface area contributed by atoms with Gasteiger partial charge in [0.2, 0.25) is 0 Å². The standard InChI is InChI=1S/C6H13O2/c1-5(2)3-6(8)4-7/h4-8H,3H2,1-2H3. The van der Waals surface area contributed by atoms with E-state index in [9.17, 15) is 0 Å². The van der Waals surface area contributed by atoms with Crippen molar-refractivity contribution in [2.45, 2.75) is 26.4 Å². The number of hydrogen-bond acceptors (Lipinski definition) is 2. The Hall–Kier alpha value is -0.0800. The lowest BCUT2D eigenvalue weighted by Gasteiger charge is -2.07. The van der Waals surface area contributed by atoms with Crippen molar-refractivity contribution in [3.63, 3.8) is 0 Å². The monoisotopic (exact) mass is 117 g/mol. The van der Waals surface area contributed by atoms with Crippen LogP contribution in [0.25, 0.3) is 0 Å². The highest BCUT2D eigenvalue weighted by molar-refractivity contribution is 4.63. The lowest BCUT2D eigenvalue weighted by molar-refractivity contribution is 0.124. The minimum Gasteiger partial charge on any atom is -0.390 e. The third-order valence-electron chi connectivity index (χ3n) is 0.885. The van der Waals surface area contributed by atoms with Crippen LogP contribution >= 0.6 is 0 Å². The van der Waals surface area contributed by atoms with E-state index in [2.05, 4.69) is 0 Å². The molecule has 0 spiro atoms. The molecule has 2 N–H and O–H groups in total. The Kier molecular flexibility index (Phi) is 3.83. The van der Waals surface area contributed by atoms with Crippen LogP contribution in [-0.4, -0.2) is 16.3 Å². The minimum atomic E-state index is -0.644. The van der Waals surface area contributed by atoms with Gasteiger partial charge in [0.25, 0.3) is 0 Å². The largest absolute Gasteiger partial charge is 0.390 e. The highest BCUT2D eigenvalue weighted by Crippen LogP contribution is 2.04. The summed E-state index contributed by atoms with van der Waals surface area (Å²) < 4.78 is 0. The lowest BCUT2D eigenvalue weighted by Crippen LogP contribution is -2.09. The van der Waals surface area contributed by atoms with E-state index in [0.29, 0.717) is 12.3 Å². The molecule has 1 radical (unpaired) electrons. The molecule has 8 heavy (non-hydrogen) atoms. The van der Waals surface area contributed by atoms with Gasteiger partial charge in [0.15, 0.2) is 0 Å². The smallest absolute Gasteiger partial charge is 0.108 e. The molecule has 0 amide bonds. The average molecular weight is 117 g/mol. The molecule has 0 fully saturated rings. The first-order valence-electron chi connectivity index (χ1n) is 2.82. The molecule has 0 aromatic rings. The SMILES string of the molecule is CC(C)CC(O)[CH]O. The van der Waals surface area contributed by atoms with Crippen LogP contribution in [0.5, 0.6) is 0 Å². The first-order valence-corrected chi connectivity index (χ1v) is 2.82. The minimum absolute atomic E-state index is 0.438. The zero-order valence-corrected chi connectivity index (χ0v) is 5.33. The predicted molar refractivity (Wildman–Crippen MR) is 31.7 cm³/mol. The van der Waals surface area contributed by atoms with E-state index in [4.69, 9.17) is 10.2 Å². The first kappa shape index (κ1) is 7.92. The van der Waals surface area contributed by atoms with E-state index >= 15 is 0 Å². The molecule has 0 aliphatic carbocycles. The maximum atomic E-state index is 8.72. The molecule has 49 valence electrons. The van der Waals surface area contributed by atoms with Gasteiger partial charge in [-0.05, 0) is 12.3 Å². The van der Waals surface area contributed by atoms with Gasteiger partial charge in [-0.2, -0.15) is 0 Å². The topological polar surface area (TPSA) is 40.5 Å². The van der Waals surface area contributed by atoms with Crippen molar-refractivity contribution in [1.29, 1.82) is 0 Å². The Balaban J connectivity index is 3.10. The third-order valence-corrected chi connectivity index (χ3v) is 0.885. The molecule has 0 bridgehead atoms. The van der Waals surface area contributed by atoms with Gasteiger partial charge < -0.3 is 10.2 Å². The number of hydrogen-bond donors (Lipinski definition) is 2. The number of rotatable bonds is 3. The van der Waals surface area contributed by atoms with Crippen molar-refractivity contribution in [3.05, 3.63) is 6.61 Å². The summed E-state index contributed by atoms with van der Waals surface area (Å²) >= 11 is 0. The molecule has 0 aliphatic heterocycles. The summed E-state index contributed by atoms with van der Waals surface area (Å²) in [4.78, 5) is 0. The van der Waals surface area contributed by atoms with Gasteiger partial charge in [-0.15, -0.1) is 0 Å². The van der Waals surface area contributed by atoms with Crippen molar-refractivity contribution >= 4 is 0 Å². The quantitative estimate of drug-likeness (QED) is 0.577. The summed E-state index contributed by atoms with van der Waals surface area (Å²) in [6.45, 7) is 4.80. The van der Waals surface area contributed by atoms with Crippen LogP contribution in [0.2, 0.25) is 0 Å². The van der Waals surface area contributed by atoms with Crippen LogP contribution < -0.4 is 0 Å². The molecule has 0 aliphatic rings. The highest BCUT2D eigenvalue weighted by atomic mass is 16.3. The van der Waals surface area contributed by atoms with Gasteiger partial charge in [0.05, 0.1) is 6.10 Å². The Morgan fingerprint density at radius 3 is 2.12 bits per heavy atom. The van der Waals surface area contributed by atoms with Gasteiger partial charge in [0.1, 0.15) is 6.61 Å². The van der Waals surface area contributed by atoms with Crippen LogP contribution in [0.4, 0.5) is 0 Å². The van der Waals surface area contributed by atoms with Gasteiger partial charge in [-0.3, -0.25) is 0 Å². The summed E-state index contributed by atoms with van der Waals surface area (Å²) in [7, 11) is 0. The molecule has 0 rings (SSSR count). The van der Waals surface area contributed by atoms with Crippen LogP contribution in [0.15, 0.2) is 0 Å². The first-order chi connectivity index (χ1) is 3.66. The van der Waals surface area contributed by atoms with Crippen LogP contribution in [0, 0.1) is 12.5 Å². The molecule has 1 atom stereocenters. The summed E-state index contributed by atoms with van der Waals surface area (Å²) in [6, 6.07) is 0. The van der Waals surface area contributed by atoms with Gasteiger partial charge >= 0.3 is 0 Å². The zero-order chi connectivity index (χ0) is 6.57. The summed E-state index contributed by atoms with van der Waals surface area (Å²) in [5.41, 5.74) is 0. The fourth-order valence-corrected chi connectivity index (χ4v) is 0.544.